The Morgan fingerprint density at radius 3 is 2.38 bits per heavy atom. The lowest BCUT2D eigenvalue weighted by molar-refractivity contribution is -0.384. The molecule has 2 aliphatic heterocycles. The molecule has 1 amide bonds. The smallest absolute Gasteiger partial charge is 0.292 e. The first-order valence-electron chi connectivity index (χ1n) is 9.06. The van der Waals surface area contributed by atoms with E-state index in [1.165, 1.54) is 17.8 Å². The number of carbonyl (C=O) groups is 1. The van der Waals surface area contributed by atoms with Gasteiger partial charge in [0.15, 0.2) is 5.17 Å². The van der Waals surface area contributed by atoms with E-state index in [0.717, 1.165) is 5.56 Å². The van der Waals surface area contributed by atoms with E-state index in [2.05, 4.69) is 4.99 Å². The van der Waals surface area contributed by atoms with Crippen molar-refractivity contribution >= 4 is 40.3 Å². The molecule has 29 heavy (non-hydrogen) atoms. The molecule has 0 aromatic heterocycles. The number of anilines is 1. The van der Waals surface area contributed by atoms with Gasteiger partial charge in [0.2, 0.25) is 0 Å². The molecule has 8 nitrogen and oxygen atoms in total. The van der Waals surface area contributed by atoms with Crippen LogP contribution in [0.1, 0.15) is 5.56 Å². The Bertz CT molecular complexity index is 1010. The molecule has 0 bridgehead atoms. The molecule has 0 spiro atoms. The van der Waals surface area contributed by atoms with Crippen molar-refractivity contribution in [1.82, 2.24) is 4.90 Å². The average Bonchev–Trinajstić information content (AvgIpc) is 3.10. The molecular formula is C20H18N4O4S. The summed E-state index contributed by atoms with van der Waals surface area (Å²) < 4.78 is 0. The van der Waals surface area contributed by atoms with E-state index in [0.29, 0.717) is 41.9 Å². The number of aliphatic imine (C=N–C) groups is 1. The summed E-state index contributed by atoms with van der Waals surface area (Å²) in [4.78, 5) is 31.9. The highest BCUT2D eigenvalue weighted by molar-refractivity contribution is 8.18. The number of amidine groups is 1. The second-order valence-electron chi connectivity index (χ2n) is 6.62. The number of nitro groups is 1. The number of phenols is 1. The molecular weight excluding hydrogens is 392 g/mol. The third-order valence-electron chi connectivity index (χ3n) is 4.77. The molecule has 1 N–H and O–H groups in total. The number of amides is 1. The van der Waals surface area contributed by atoms with Crippen molar-refractivity contribution in [2.24, 2.45) is 4.99 Å². The van der Waals surface area contributed by atoms with Crippen LogP contribution in [-0.2, 0) is 4.79 Å². The summed E-state index contributed by atoms with van der Waals surface area (Å²) in [5.41, 5.74) is 1.53. The van der Waals surface area contributed by atoms with E-state index in [4.69, 9.17) is 0 Å². The second-order valence-corrected chi connectivity index (χ2v) is 7.63. The molecule has 2 aromatic rings. The van der Waals surface area contributed by atoms with Gasteiger partial charge < -0.3 is 14.9 Å². The largest absolute Gasteiger partial charge is 0.508 e. The number of carbonyl (C=O) groups excluding carboxylic acids is 1. The zero-order chi connectivity index (χ0) is 20.4. The van der Waals surface area contributed by atoms with Crippen LogP contribution in [0.3, 0.4) is 0 Å². The summed E-state index contributed by atoms with van der Waals surface area (Å²) in [6.45, 7) is 2.46. The number of phenolic OH excluding ortho intramolecular Hbond substituents is 1. The first kappa shape index (κ1) is 19.0. The maximum Gasteiger partial charge on any atom is 0.292 e. The Morgan fingerprint density at radius 2 is 1.69 bits per heavy atom. The highest BCUT2D eigenvalue weighted by atomic mass is 32.2. The highest BCUT2D eigenvalue weighted by Crippen LogP contribution is 2.32. The summed E-state index contributed by atoms with van der Waals surface area (Å²) in [6, 6.07) is 13.3. The predicted molar refractivity (Wildman–Crippen MR) is 113 cm³/mol. The predicted octanol–water partition coefficient (Wildman–Crippen LogP) is 3.09. The Morgan fingerprint density at radius 1 is 1.03 bits per heavy atom. The van der Waals surface area contributed by atoms with E-state index < -0.39 is 0 Å². The molecule has 2 heterocycles. The number of hydrogen-bond donors (Lipinski definition) is 1. The Hall–Kier alpha value is -3.33. The van der Waals surface area contributed by atoms with Crippen LogP contribution < -0.4 is 4.90 Å². The standard InChI is InChI=1S/C20H18N4O4S/c25-15-7-5-14(6-8-15)13-18-19(26)21-20(29-18)23-11-9-22(10-12-23)16-3-1-2-4-17(16)24(27)28/h1-8,13,25H,9-12H2/b18-13-. The van der Waals surface area contributed by atoms with Crippen molar-refractivity contribution in [2.75, 3.05) is 31.1 Å². The van der Waals surface area contributed by atoms with Gasteiger partial charge in [-0.05, 0) is 41.6 Å². The van der Waals surface area contributed by atoms with Crippen molar-refractivity contribution in [3.63, 3.8) is 0 Å². The molecule has 148 valence electrons. The van der Waals surface area contributed by atoms with Gasteiger partial charge >= 0.3 is 0 Å². The molecule has 0 saturated carbocycles. The summed E-state index contributed by atoms with van der Waals surface area (Å²) >= 11 is 1.33. The monoisotopic (exact) mass is 410 g/mol. The fourth-order valence-electron chi connectivity index (χ4n) is 3.28. The lowest BCUT2D eigenvalue weighted by Gasteiger charge is -2.36. The number of benzene rings is 2. The van der Waals surface area contributed by atoms with Crippen LogP contribution in [0.25, 0.3) is 6.08 Å². The van der Waals surface area contributed by atoms with Gasteiger partial charge in [-0.15, -0.1) is 0 Å². The SMILES string of the molecule is O=C1N=C(N2CCN(c3ccccc3[N+](=O)[O-])CC2)S/C1=C\c1ccc(O)cc1. The minimum Gasteiger partial charge on any atom is -0.508 e. The van der Waals surface area contributed by atoms with Gasteiger partial charge in [0.1, 0.15) is 11.4 Å². The van der Waals surface area contributed by atoms with Crippen LogP contribution in [0.4, 0.5) is 11.4 Å². The van der Waals surface area contributed by atoms with Crippen molar-refractivity contribution in [2.45, 2.75) is 0 Å². The lowest BCUT2D eigenvalue weighted by atomic mass is 10.2. The Kier molecular flexibility index (Phi) is 5.22. The van der Waals surface area contributed by atoms with Crippen LogP contribution in [0, 0.1) is 10.1 Å². The van der Waals surface area contributed by atoms with Gasteiger partial charge in [-0.1, -0.05) is 24.3 Å². The number of thioether (sulfide) groups is 1. The second kappa shape index (κ2) is 7.96. The molecule has 2 aromatic carbocycles. The Labute approximate surface area is 171 Å². The summed E-state index contributed by atoms with van der Waals surface area (Å²) in [6.07, 6.45) is 1.76. The minimum absolute atomic E-state index is 0.0998. The summed E-state index contributed by atoms with van der Waals surface area (Å²) in [7, 11) is 0. The molecule has 0 radical (unpaired) electrons. The molecule has 9 heteroatoms. The topological polar surface area (TPSA) is 99.3 Å². The molecule has 1 fully saturated rings. The lowest BCUT2D eigenvalue weighted by Crippen LogP contribution is -2.48. The van der Waals surface area contributed by atoms with E-state index in [-0.39, 0.29) is 22.3 Å². The first-order chi connectivity index (χ1) is 14.0. The maximum atomic E-state index is 12.3. The summed E-state index contributed by atoms with van der Waals surface area (Å²) in [5.74, 6) is -0.106. The van der Waals surface area contributed by atoms with Crippen LogP contribution in [-0.4, -0.2) is 52.2 Å². The highest BCUT2D eigenvalue weighted by Gasteiger charge is 2.30. The van der Waals surface area contributed by atoms with E-state index in [9.17, 15) is 20.0 Å². The maximum absolute atomic E-state index is 12.3. The molecule has 2 aliphatic rings. The molecule has 4 rings (SSSR count). The van der Waals surface area contributed by atoms with Gasteiger partial charge in [0, 0.05) is 32.2 Å². The number of nitro benzene ring substituents is 1. The quantitative estimate of drug-likeness (QED) is 0.471. The number of piperazine rings is 1. The normalized spacial score (nSPS) is 18.3. The molecule has 1 saturated heterocycles. The van der Waals surface area contributed by atoms with Crippen molar-refractivity contribution < 1.29 is 14.8 Å². The molecule has 0 aliphatic carbocycles. The van der Waals surface area contributed by atoms with E-state index in [1.54, 1.807) is 48.5 Å². The fraction of sp³-hybridized carbons (Fsp3) is 0.200. The van der Waals surface area contributed by atoms with Crippen LogP contribution in [0.5, 0.6) is 5.75 Å². The zero-order valence-corrected chi connectivity index (χ0v) is 16.2. The number of hydrogen-bond acceptors (Lipinski definition) is 7. The van der Waals surface area contributed by atoms with Crippen LogP contribution in [0.15, 0.2) is 58.4 Å². The molecule has 0 atom stereocenters. The summed E-state index contributed by atoms with van der Waals surface area (Å²) in [5, 5.41) is 21.3. The number of nitrogens with zero attached hydrogens (tertiary/aromatic N) is 4. The first-order valence-corrected chi connectivity index (χ1v) is 9.88. The third kappa shape index (κ3) is 4.09. The van der Waals surface area contributed by atoms with Gasteiger partial charge in [-0.25, -0.2) is 0 Å². The van der Waals surface area contributed by atoms with E-state index >= 15 is 0 Å². The minimum atomic E-state index is -0.363. The Balaban J connectivity index is 1.42. The van der Waals surface area contributed by atoms with Crippen LogP contribution >= 0.6 is 11.8 Å². The van der Waals surface area contributed by atoms with Crippen molar-refractivity contribution in [3.8, 4) is 5.75 Å². The van der Waals surface area contributed by atoms with Gasteiger partial charge in [0.05, 0.1) is 9.83 Å². The van der Waals surface area contributed by atoms with Gasteiger partial charge in [0.25, 0.3) is 11.6 Å². The fourth-order valence-corrected chi connectivity index (χ4v) is 4.24. The molecule has 0 unspecified atom stereocenters. The number of rotatable bonds is 3. The average molecular weight is 410 g/mol. The zero-order valence-electron chi connectivity index (χ0n) is 15.4. The van der Waals surface area contributed by atoms with Crippen LogP contribution in [0.2, 0.25) is 0 Å². The number of aromatic hydroxyl groups is 1. The van der Waals surface area contributed by atoms with Gasteiger partial charge in [-0.2, -0.15) is 4.99 Å². The number of para-hydroxylation sites is 2. The third-order valence-corrected chi connectivity index (χ3v) is 5.81. The van der Waals surface area contributed by atoms with Crippen molar-refractivity contribution in [1.29, 1.82) is 0 Å². The van der Waals surface area contributed by atoms with Gasteiger partial charge in [-0.3, -0.25) is 14.9 Å². The van der Waals surface area contributed by atoms with E-state index in [1.807, 2.05) is 9.80 Å². The van der Waals surface area contributed by atoms with Crippen molar-refractivity contribution in [3.05, 3.63) is 69.1 Å².